The Morgan fingerprint density at radius 2 is 2.21 bits per heavy atom. The molecular weight excluding hydrogens is 332 g/mol. The van der Waals surface area contributed by atoms with E-state index in [0.717, 1.165) is 5.56 Å². The molecule has 0 aromatic carbocycles. The van der Waals surface area contributed by atoms with Crippen molar-refractivity contribution < 1.29 is 20.1 Å². The zero-order valence-electron chi connectivity index (χ0n) is 12.8. The van der Waals surface area contributed by atoms with E-state index in [4.69, 9.17) is 4.74 Å². The molecule has 0 amide bonds. The van der Waals surface area contributed by atoms with Crippen molar-refractivity contribution in [3.63, 3.8) is 0 Å². The largest absolute Gasteiger partial charge is 0.394 e. The van der Waals surface area contributed by atoms with Gasteiger partial charge in [0, 0.05) is 10.9 Å². The normalized spacial score (nSPS) is 30.2. The average Bonchev–Trinajstić information content (AvgIpc) is 3.28. The molecule has 0 saturated carbocycles. The summed E-state index contributed by atoms with van der Waals surface area (Å²) in [5.74, 6) is 0. The van der Waals surface area contributed by atoms with Gasteiger partial charge in [0.05, 0.1) is 12.9 Å². The van der Waals surface area contributed by atoms with Crippen molar-refractivity contribution in [2.75, 3.05) is 6.61 Å². The first-order chi connectivity index (χ1) is 11.5. The first kappa shape index (κ1) is 15.6. The van der Waals surface area contributed by atoms with Crippen LogP contribution in [0.5, 0.6) is 0 Å². The van der Waals surface area contributed by atoms with E-state index >= 15 is 0 Å². The second kappa shape index (κ2) is 5.57. The van der Waals surface area contributed by atoms with Crippen molar-refractivity contribution in [3.8, 4) is 11.3 Å². The number of aliphatic hydroxyl groups excluding tert-OH is 2. The maximum atomic E-state index is 10.6. The molecule has 3 aromatic heterocycles. The minimum absolute atomic E-state index is 0.393. The zero-order chi connectivity index (χ0) is 16.9. The number of aromatic nitrogens is 4. The molecule has 0 radical (unpaired) electrons. The summed E-state index contributed by atoms with van der Waals surface area (Å²) >= 11 is 1.56. The number of hydrogen-bond donors (Lipinski definition) is 3. The SMILES string of the molecule is C[C@@]1(O)[C@H](O)[C@@H](CO)O[C@H]1n1cnc2c(-c3ccsc3)ncnc21. The fourth-order valence-electron chi connectivity index (χ4n) is 3.02. The lowest BCUT2D eigenvalue weighted by Crippen LogP contribution is -2.44. The Hall–Kier alpha value is -1.91. The molecule has 8 nitrogen and oxygen atoms in total. The highest BCUT2D eigenvalue weighted by atomic mass is 32.1. The summed E-state index contributed by atoms with van der Waals surface area (Å²) in [7, 11) is 0. The Labute approximate surface area is 141 Å². The predicted octanol–water partition coefficient (Wildman–Crippen LogP) is 0.556. The van der Waals surface area contributed by atoms with Gasteiger partial charge in [0.25, 0.3) is 0 Å². The van der Waals surface area contributed by atoms with E-state index in [9.17, 15) is 15.3 Å². The lowest BCUT2D eigenvalue weighted by atomic mass is 9.96. The molecule has 0 bridgehead atoms. The molecule has 24 heavy (non-hydrogen) atoms. The van der Waals surface area contributed by atoms with E-state index in [-0.39, 0.29) is 0 Å². The maximum Gasteiger partial charge on any atom is 0.168 e. The van der Waals surface area contributed by atoms with Gasteiger partial charge in [-0.25, -0.2) is 15.0 Å². The van der Waals surface area contributed by atoms with Crippen LogP contribution in [-0.4, -0.2) is 59.3 Å². The van der Waals surface area contributed by atoms with Gasteiger partial charge in [-0.15, -0.1) is 0 Å². The van der Waals surface area contributed by atoms with Crippen LogP contribution in [0.25, 0.3) is 22.4 Å². The fourth-order valence-corrected chi connectivity index (χ4v) is 3.66. The van der Waals surface area contributed by atoms with Crippen molar-refractivity contribution >= 4 is 22.5 Å². The first-order valence-electron chi connectivity index (χ1n) is 7.41. The van der Waals surface area contributed by atoms with E-state index < -0.39 is 30.6 Å². The number of rotatable bonds is 3. The summed E-state index contributed by atoms with van der Waals surface area (Å²) in [6, 6.07) is 1.94. The lowest BCUT2D eigenvalue weighted by Gasteiger charge is -2.27. The average molecular weight is 348 g/mol. The topological polar surface area (TPSA) is 114 Å². The van der Waals surface area contributed by atoms with Crippen LogP contribution in [0.3, 0.4) is 0 Å². The highest BCUT2D eigenvalue weighted by molar-refractivity contribution is 7.08. The van der Waals surface area contributed by atoms with Gasteiger partial charge in [0.1, 0.15) is 35.3 Å². The number of nitrogens with zero attached hydrogens (tertiary/aromatic N) is 4. The van der Waals surface area contributed by atoms with Crippen molar-refractivity contribution in [1.29, 1.82) is 0 Å². The number of fused-ring (bicyclic) bond motifs is 1. The minimum Gasteiger partial charge on any atom is -0.394 e. The van der Waals surface area contributed by atoms with Crippen molar-refractivity contribution in [1.82, 2.24) is 19.5 Å². The van der Waals surface area contributed by atoms with Gasteiger partial charge in [-0.1, -0.05) is 0 Å². The second-order valence-corrected chi connectivity index (χ2v) is 6.72. The molecule has 3 N–H and O–H groups in total. The van der Waals surface area contributed by atoms with Crippen molar-refractivity contribution in [3.05, 3.63) is 29.5 Å². The zero-order valence-corrected chi connectivity index (χ0v) is 13.6. The molecule has 0 spiro atoms. The summed E-state index contributed by atoms with van der Waals surface area (Å²) in [6.07, 6.45) is -0.0820. The lowest BCUT2D eigenvalue weighted by molar-refractivity contribution is -0.0950. The molecule has 1 aliphatic rings. The number of imidazole rings is 1. The highest BCUT2D eigenvalue weighted by Crippen LogP contribution is 2.39. The number of ether oxygens (including phenoxy) is 1. The van der Waals surface area contributed by atoms with Gasteiger partial charge in [-0.3, -0.25) is 4.57 Å². The monoisotopic (exact) mass is 348 g/mol. The van der Waals surface area contributed by atoms with Crippen LogP contribution in [0.2, 0.25) is 0 Å². The van der Waals surface area contributed by atoms with Crippen LogP contribution in [0.4, 0.5) is 0 Å². The molecule has 1 saturated heterocycles. The molecule has 1 aliphatic heterocycles. The van der Waals surface area contributed by atoms with E-state index in [1.807, 2.05) is 16.8 Å². The Balaban J connectivity index is 1.83. The van der Waals surface area contributed by atoms with Gasteiger partial charge < -0.3 is 20.1 Å². The number of aliphatic hydroxyl groups is 3. The molecular formula is C15H16N4O4S. The molecule has 0 aliphatic carbocycles. The molecule has 126 valence electrons. The summed E-state index contributed by atoms with van der Waals surface area (Å²) in [6.45, 7) is 1.07. The van der Waals surface area contributed by atoms with Crippen LogP contribution >= 0.6 is 11.3 Å². The molecule has 3 aromatic rings. The quantitative estimate of drug-likeness (QED) is 0.633. The molecule has 4 rings (SSSR count). The van der Waals surface area contributed by atoms with E-state index in [1.165, 1.54) is 19.6 Å². The van der Waals surface area contributed by atoms with E-state index in [0.29, 0.717) is 16.9 Å². The Kier molecular flexibility index (Phi) is 3.62. The Morgan fingerprint density at radius 1 is 1.38 bits per heavy atom. The molecule has 4 atom stereocenters. The van der Waals surface area contributed by atoms with Crippen LogP contribution in [0.15, 0.2) is 29.5 Å². The molecule has 9 heteroatoms. The molecule has 0 unspecified atom stereocenters. The Bertz CT molecular complexity index is 864. The van der Waals surface area contributed by atoms with Crippen LogP contribution in [-0.2, 0) is 4.74 Å². The standard InChI is InChI=1S/C15H16N4O4S/c1-15(22)12(21)9(4-20)23-14(15)19-7-18-11-10(8-2-3-24-5-8)16-6-17-13(11)19/h2-3,5-7,9,12,14,20-22H,4H2,1H3/t9-,12-,14-,15-/m1/s1. The second-order valence-electron chi connectivity index (χ2n) is 5.94. The van der Waals surface area contributed by atoms with Crippen molar-refractivity contribution in [2.24, 2.45) is 0 Å². The smallest absolute Gasteiger partial charge is 0.168 e. The predicted molar refractivity (Wildman–Crippen MR) is 86.3 cm³/mol. The van der Waals surface area contributed by atoms with Crippen LogP contribution < -0.4 is 0 Å². The van der Waals surface area contributed by atoms with Crippen LogP contribution in [0.1, 0.15) is 13.2 Å². The number of thiophene rings is 1. The van der Waals surface area contributed by atoms with Crippen molar-refractivity contribution in [2.45, 2.75) is 31.0 Å². The Morgan fingerprint density at radius 3 is 2.88 bits per heavy atom. The third-order valence-electron chi connectivity index (χ3n) is 4.34. The van der Waals surface area contributed by atoms with Gasteiger partial charge in [-0.2, -0.15) is 11.3 Å². The van der Waals surface area contributed by atoms with Gasteiger partial charge >= 0.3 is 0 Å². The summed E-state index contributed by atoms with van der Waals surface area (Å²) in [5.41, 5.74) is 1.11. The maximum absolute atomic E-state index is 10.6. The van der Waals surface area contributed by atoms with Crippen LogP contribution in [0, 0.1) is 0 Å². The van der Waals surface area contributed by atoms with Gasteiger partial charge in [-0.05, 0) is 18.4 Å². The third kappa shape index (κ3) is 2.17. The summed E-state index contributed by atoms with van der Waals surface area (Å²) in [5, 5.41) is 34.0. The minimum atomic E-state index is -1.59. The number of hydrogen-bond acceptors (Lipinski definition) is 8. The molecule has 1 fully saturated rings. The summed E-state index contributed by atoms with van der Waals surface area (Å²) < 4.78 is 7.20. The van der Waals surface area contributed by atoms with Gasteiger partial charge in [0.2, 0.25) is 0 Å². The first-order valence-corrected chi connectivity index (χ1v) is 8.35. The van der Waals surface area contributed by atoms with E-state index in [2.05, 4.69) is 15.0 Å². The van der Waals surface area contributed by atoms with Gasteiger partial charge in [0.15, 0.2) is 11.9 Å². The van der Waals surface area contributed by atoms with E-state index in [1.54, 1.807) is 15.9 Å². The third-order valence-corrected chi connectivity index (χ3v) is 5.02. The highest BCUT2D eigenvalue weighted by Gasteiger charge is 2.53. The summed E-state index contributed by atoms with van der Waals surface area (Å²) in [4.78, 5) is 12.9. The molecule has 4 heterocycles. The fraction of sp³-hybridized carbons (Fsp3) is 0.400.